The monoisotopic (exact) mass is 342 g/mol. The number of hydrogen-bond acceptors (Lipinski definition) is 4. The van der Waals surface area contributed by atoms with E-state index in [1.54, 1.807) is 13.3 Å². The molecule has 1 aliphatic rings. The van der Waals surface area contributed by atoms with Gasteiger partial charge in [-0.2, -0.15) is 0 Å². The molecule has 0 unspecified atom stereocenters. The van der Waals surface area contributed by atoms with Crippen LogP contribution in [0.15, 0.2) is 28.8 Å². The molecule has 1 amide bonds. The van der Waals surface area contributed by atoms with Gasteiger partial charge in [-0.25, -0.2) is 4.98 Å². The normalized spacial score (nSPS) is 15.6. The van der Waals surface area contributed by atoms with Crippen molar-refractivity contribution in [1.82, 2.24) is 9.88 Å². The molecule has 0 aliphatic carbocycles. The number of hydrogen-bond donors (Lipinski definition) is 0. The molecule has 3 rings (SSSR count). The fourth-order valence-electron chi connectivity index (χ4n) is 3.17. The van der Waals surface area contributed by atoms with E-state index < -0.39 is 0 Å². The second kappa shape index (κ2) is 7.83. The summed E-state index contributed by atoms with van der Waals surface area (Å²) >= 11 is 0. The number of likely N-dealkylation sites (tertiary alicyclic amines) is 1. The van der Waals surface area contributed by atoms with Crippen LogP contribution in [0.4, 0.5) is 0 Å². The zero-order chi connectivity index (χ0) is 17.8. The zero-order valence-electron chi connectivity index (χ0n) is 15.2. The third-order valence-electron chi connectivity index (χ3n) is 5.03. The van der Waals surface area contributed by atoms with Crippen LogP contribution >= 0.6 is 0 Å². The Balaban J connectivity index is 1.55. The zero-order valence-corrected chi connectivity index (χ0v) is 15.2. The molecule has 0 saturated carbocycles. The molecule has 0 radical (unpaired) electrons. The molecule has 2 heterocycles. The SMILES string of the molecule is COC1CCN(C(=O)CCc2ncc(-c3ccc(C)c(C)c3)o2)CC1. The second-order valence-electron chi connectivity index (χ2n) is 6.73. The first-order chi connectivity index (χ1) is 12.1. The third-order valence-corrected chi connectivity index (χ3v) is 5.03. The number of ether oxygens (including phenoxy) is 1. The number of carbonyl (C=O) groups excluding carboxylic acids is 1. The Bertz CT molecular complexity index is 730. The van der Waals surface area contributed by atoms with Crippen LogP contribution in [0.25, 0.3) is 11.3 Å². The lowest BCUT2D eigenvalue weighted by molar-refractivity contribution is -0.133. The predicted molar refractivity (Wildman–Crippen MR) is 96.3 cm³/mol. The number of piperidine rings is 1. The van der Waals surface area contributed by atoms with Gasteiger partial charge < -0.3 is 14.1 Å². The van der Waals surface area contributed by atoms with E-state index in [4.69, 9.17) is 9.15 Å². The molecule has 1 aromatic heterocycles. The van der Waals surface area contributed by atoms with E-state index in [0.29, 0.717) is 18.7 Å². The van der Waals surface area contributed by atoms with Gasteiger partial charge in [-0.1, -0.05) is 12.1 Å². The highest BCUT2D eigenvalue weighted by atomic mass is 16.5. The van der Waals surface area contributed by atoms with Gasteiger partial charge in [0.15, 0.2) is 11.7 Å². The number of methoxy groups -OCH3 is 1. The molecule has 1 fully saturated rings. The summed E-state index contributed by atoms with van der Waals surface area (Å²) < 4.78 is 11.2. The van der Waals surface area contributed by atoms with Gasteiger partial charge in [0.1, 0.15) is 0 Å². The van der Waals surface area contributed by atoms with Gasteiger partial charge in [-0.15, -0.1) is 0 Å². The summed E-state index contributed by atoms with van der Waals surface area (Å²) in [4.78, 5) is 18.6. The Kier molecular flexibility index (Phi) is 5.53. The fraction of sp³-hybridized carbons (Fsp3) is 0.500. The summed E-state index contributed by atoms with van der Waals surface area (Å²) in [5.41, 5.74) is 3.51. The van der Waals surface area contributed by atoms with Crippen LogP contribution in [0.1, 0.15) is 36.3 Å². The molecule has 0 bridgehead atoms. The van der Waals surface area contributed by atoms with Crippen LogP contribution < -0.4 is 0 Å². The van der Waals surface area contributed by atoms with Crippen molar-refractivity contribution in [2.45, 2.75) is 45.6 Å². The van der Waals surface area contributed by atoms with E-state index >= 15 is 0 Å². The summed E-state index contributed by atoms with van der Waals surface area (Å²) in [7, 11) is 1.73. The van der Waals surface area contributed by atoms with E-state index in [1.807, 2.05) is 11.0 Å². The van der Waals surface area contributed by atoms with Crippen molar-refractivity contribution in [3.05, 3.63) is 41.4 Å². The predicted octanol–water partition coefficient (Wildman–Crippen LogP) is 3.53. The molecular weight excluding hydrogens is 316 g/mol. The summed E-state index contributed by atoms with van der Waals surface area (Å²) in [5, 5.41) is 0. The van der Waals surface area contributed by atoms with Crippen LogP contribution in [-0.4, -0.2) is 42.1 Å². The van der Waals surface area contributed by atoms with Crippen molar-refractivity contribution in [3.8, 4) is 11.3 Å². The van der Waals surface area contributed by atoms with Crippen molar-refractivity contribution in [1.29, 1.82) is 0 Å². The van der Waals surface area contributed by atoms with E-state index in [9.17, 15) is 4.79 Å². The van der Waals surface area contributed by atoms with Crippen LogP contribution in [0.5, 0.6) is 0 Å². The van der Waals surface area contributed by atoms with Crippen molar-refractivity contribution in [3.63, 3.8) is 0 Å². The Morgan fingerprint density at radius 1 is 1.28 bits per heavy atom. The Hall–Kier alpha value is -2.14. The van der Waals surface area contributed by atoms with E-state index in [2.05, 4.69) is 31.0 Å². The minimum atomic E-state index is 0.167. The highest BCUT2D eigenvalue weighted by Crippen LogP contribution is 2.23. The standard InChI is InChI=1S/C20H26N2O3/c1-14-4-5-16(12-15(14)2)18-13-21-19(25-18)6-7-20(23)22-10-8-17(24-3)9-11-22/h4-5,12-13,17H,6-11H2,1-3H3. The first-order valence-electron chi connectivity index (χ1n) is 8.89. The highest BCUT2D eigenvalue weighted by molar-refractivity contribution is 5.76. The largest absolute Gasteiger partial charge is 0.441 e. The Morgan fingerprint density at radius 3 is 2.72 bits per heavy atom. The minimum absolute atomic E-state index is 0.167. The molecule has 134 valence electrons. The molecule has 25 heavy (non-hydrogen) atoms. The minimum Gasteiger partial charge on any atom is -0.441 e. The average Bonchev–Trinajstić information content (AvgIpc) is 3.11. The van der Waals surface area contributed by atoms with Crippen LogP contribution in [0.2, 0.25) is 0 Å². The third kappa shape index (κ3) is 4.28. The maximum Gasteiger partial charge on any atom is 0.223 e. The molecule has 0 N–H and O–H groups in total. The van der Waals surface area contributed by atoms with E-state index in [-0.39, 0.29) is 12.0 Å². The van der Waals surface area contributed by atoms with Gasteiger partial charge in [0.05, 0.1) is 12.3 Å². The van der Waals surface area contributed by atoms with Crippen molar-refractivity contribution < 1.29 is 13.9 Å². The molecular formula is C20H26N2O3. The first kappa shape index (κ1) is 17.7. The lowest BCUT2D eigenvalue weighted by Gasteiger charge is -2.31. The Labute approximate surface area is 149 Å². The number of oxazole rings is 1. The van der Waals surface area contributed by atoms with Crippen LogP contribution in [-0.2, 0) is 16.0 Å². The number of amides is 1. The first-order valence-corrected chi connectivity index (χ1v) is 8.89. The average molecular weight is 342 g/mol. The van der Waals surface area contributed by atoms with Crippen LogP contribution in [0.3, 0.4) is 0 Å². The number of nitrogens with zero attached hydrogens (tertiary/aromatic N) is 2. The van der Waals surface area contributed by atoms with Gasteiger partial charge in [-0.3, -0.25) is 4.79 Å². The topological polar surface area (TPSA) is 55.6 Å². The summed E-state index contributed by atoms with van der Waals surface area (Å²) in [5.74, 6) is 1.54. The van der Waals surface area contributed by atoms with Gasteiger partial charge in [0.25, 0.3) is 0 Å². The summed E-state index contributed by atoms with van der Waals surface area (Å²) in [6, 6.07) is 6.22. The van der Waals surface area contributed by atoms with Crippen LogP contribution in [0, 0.1) is 13.8 Å². The molecule has 0 atom stereocenters. The molecule has 5 heteroatoms. The number of aromatic nitrogens is 1. The van der Waals surface area contributed by atoms with Crippen molar-refractivity contribution in [2.24, 2.45) is 0 Å². The lowest BCUT2D eigenvalue weighted by atomic mass is 10.1. The number of carbonyl (C=O) groups is 1. The van der Waals surface area contributed by atoms with Gasteiger partial charge in [0.2, 0.25) is 5.91 Å². The van der Waals surface area contributed by atoms with Gasteiger partial charge in [-0.05, 0) is 43.9 Å². The number of benzene rings is 1. The fourth-order valence-corrected chi connectivity index (χ4v) is 3.17. The summed E-state index contributed by atoms with van der Waals surface area (Å²) in [6.45, 7) is 5.72. The maximum absolute atomic E-state index is 12.3. The molecule has 2 aromatic rings. The Morgan fingerprint density at radius 2 is 2.04 bits per heavy atom. The van der Waals surface area contributed by atoms with Crippen molar-refractivity contribution >= 4 is 5.91 Å². The lowest BCUT2D eigenvalue weighted by Crippen LogP contribution is -2.40. The van der Waals surface area contributed by atoms with Gasteiger partial charge in [0, 0.05) is 38.6 Å². The van der Waals surface area contributed by atoms with E-state index in [0.717, 1.165) is 37.3 Å². The summed E-state index contributed by atoms with van der Waals surface area (Å²) in [6.07, 6.45) is 4.83. The molecule has 5 nitrogen and oxygen atoms in total. The number of rotatable bonds is 5. The molecule has 1 saturated heterocycles. The quantitative estimate of drug-likeness (QED) is 0.834. The molecule has 1 aliphatic heterocycles. The van der Waals surface area contributed by atoms with E-state index in [1.165, 1.54) is 11.1 Å². The maximum atomic E-state index is 12.3. The van der Waals surface area contributed by atoms with Gasteiger partial charge >= 0.3 is 0 Å². The smallest absolute Gasteiger partial charge is 0.223 e. The number of aryl methyl sites for hydroxylation is 3. The van der Waals surface area contributed by atoms with Crippen molar-refractivity contribution in [2.75, 3.05) is 20.2 Å². The molecule has 1 aromatic carbocycles. The molecule has 0 spiro atoms. The second-order valence-corrected chi connectivity index (χ2v) is 6.73. The highest BCUT2D eigenvalue weighted by Gasteiger charge is 2.22.